The van der Waals surface area contributed by atoms with Crippen molar-refractivity contribution in [2.24, 2.45) is 5.11 Å². The number of nitrogens with zero attached hydrogens (tertiary/aromatic N) is 4. The molecule has 0 N–H and O–H groups in total. The van der Waals surface area contributed by atoms with E-state index in [1.807, 2.05) is 43.3 Å². The second-order valence-electron chi connectivity index (χ2n) is 4.18. The lowest BCUT2D eigenvalue weighted by Gasteiger charge is -2.00. The van der Waals surface area contributed by atoms with Gasteiger partial charge in [-0.3, -0.25) is 0 Å². The van der Waals surface area contributed by atoms with Gasteiger partial charge in [0.2, 0.25) is 5.89 Å². The third-order valence-electron chi connectivity index (χ3n) is 2.89. The Morgan fingerprint density at radius 3 is 2.79 bits per heavy atom. The fraction of sp³-hybridized carbons (Fsp3) is 0.0714. The fourth-order valence-corrected chi connectivity index (χ4v) is 1.94. The minimum Gasteiger partial charge on any atom is -0.436 e. The molecule has 0 spiro atoms. The molecule has 0 aliphatic carbocycles. The van der Waals surface area contributed by atoms with Crippen molar-refractivity contribution in [2.45, 2.75) is 6.92 Å². The van der Waals surface area contributed by atoms with Crippen molar-refractivity contribution in [3.8, 4) is 11.5 Å². The molecule has 0 atom stereocenters. The smallest absolute Gasteiger partial charge is 0.227 e. The van der Waals surface area contributed by atoms with Gasteiger partial charge in [-0.05, 0) is 42.3 Å². The van der Waals surface area contributed by atoms with Crippen LogP contribution < -0.4 is 0 Å². The summed E-state index contributed by atoms with van der Waals surface area (Å²) in [5.74, 6) is 0.566. The van der Waals surface area contributed by atoms with Crippen LogP contribution in [-0.4, -0.2) is 4.98 Å². The molecule has 0 fully saturated rings. The number of aryl methyl sites for hydroxylation is 1. The molecular weight excluding hydrogens is 240 g/mol. The summed E-state index contributed by atoms with van der Waals surface area (Å²) in [7, 11) is 0. The van der Waals surface area contributed by atoms with Gasteiger partial charge in [0.15, 0.2) is 5.58 Å². The molecule has 0 bridgehead atoms. The zero-order valence-corrected chi connectivity index (χ0v) is 10.2. The van der Waals surface area contributed by atoms with Crippen LogP contribution in [0.15, 0.2) is 52.0 Å². The third-order valence-corrected chi connectivity index (χ3v) is 2.89. The lowest BCUT2D eigenvalue weighted by molar-refractivity contribution is 0.620. The molecule has 5 heteroatoms. The van der Waals surface area contributed by atoms with Crippen molar-refractivity contribution in [3.63, 3.8) is 0 Å². The largest absolute Gasteiger partial charge is 0.436 e. The van der Waals surface area contributed by atoms with E-state index in [2.05, 4.69) is 15.0 Å². The van der Waals surface area contributed by atoms with Gasteiger partial charge in [0.25, 0.3) is 0 Å². The minimum atomic E-state index is 0.566. The first-order valence-corrected chi connectivity index (χ1v) is 5.79. The number of rotatable bonds is 2. The molecule has 0 saturated heterocycles. The molecule has 0 amide bonds. The SMILES string of the molecule is Cc1cc(-c2nc3ccccc3o2)ccc1N=[N+]=[N-]. The maximum absolute atomic E-state index is 8.45. The molecule has 1 aromatic heterocycles. The summed E-state index contributed by atoms with van der Waals surface area (Å²) in [6, 6.07) is 13.1. The van der Waals surface area contributed by atoms with Gasteiger partial charge in [-0.1, -0.05) is 23.3 Å². The highest BCUT2D eigenvalue weighted by molar-refractivity contribution is 5.76. The Morgan fingerprint density at radius 2 is 2.05 bits per heavy atom. The number of hydrogen-bond donors (Lipinski definition) is 0. The number of aromatic nitrogens is 1. The summed E-state index contributed by atoms with van der Waals surface area (Å²) in [6.07, 6.45) is 0. The van der Waals surface area contributed by atoms with Gasteiger partial charge in [-0.25, -0.2) is 4.98 Å². The average Bonchev–Trinajstić information content (AvgIpc) is 2.85. The molecule has 1 heterocycles. The second kappa shape index (κ2) is 4.48. The quantitative estimate of drug-likeness (QED) is 0.374. The maximum atomic E-state index is 8.45. The highest BCUT2D eigenvalue weighted by Crippen LogP contribution is 2.28. The summed E-state index contributed by atoms with van der Waals surface area (Å²) >= 11 is 0. The molecule has 5 nitrogen and oxygen atoms in total. The Bertz CT molecular complexity index is 767. The van der Waals surface area contributed by atoms with E-state index in [1.165, 1.54) is 0 Å². The average molecular weight is 250 g/mol. The number of para-hydroxylation sites is 2. The first kappa shape index (κ1) is 11.3. The molecule has 0 aliphatic rings. The standard InChI is InChI=1S/C14H10N4O/c1-9-8-10(6-7-11(9)17-18-15)14-16-12-4-2-3-5-13(12)19-14/h2-8H,1H3. The second-order valence-corrected chi connectivity index (χ2v) is 4.18. The molecule has 19 heavy (non-hydrogen) atoms. The molecule has 92 valence electrons. The zero-order chi connectivity index (χ0) is 13.2. The predicted molar refractivity (Wildman–Crippen MR) is 73.0 cm³/mol. The fourth-order valence-electron chi connectivity index (χ4n) is 1.94. The highest BCUT2D eigenvalue weighted by atomic mass is 16.3. The number of fused-ring (bicyclic) bond motifs is 1. The molecule has 0 aliphatic heterocycles. The molecule has 0 radical (unpaired) electrons. The maximum Gasteiger partial charge on any atom is 0.227 e. The van der Waals surface area contributed by atoms with Crippen molar-refractivity contribution in [2.75, 3.05) is 0 Å². The van der Waals surface area contributed by atoms with Gasteiger partial charge in [0, 0.05) is 16.2 Å². The number of hydrogen-bond acceptors (Lipinski definition) is 3. The summed E-state index contributed by atoms with van der Waals surface area (Å²) in [5.41, 5.74) is 12.4. The topological polar surface area (TPSA) is 74.8 Å². The van der Waals surface area contributed by atoms with Gasteiger partial charge in [0.1, 0.15) is 5.52 Å². The van der Waals surface area contributed by atoms with Gasteiger partial charge in [-0.2, -0.15) is 0 Å². The summed E-state index contributed by atoms with van der Waals surface area (Å²) in [6.45, 7) is 1.89. The van der Waals surface area contributed by atoms with Crippen molar-refractivity contribution in [1.82, 2.24) is 4.98 Å². The van der Waals surface area contributed by atoms with Crippen molar-refractivity contribution in [3.05, 3.63) is 58.5 Å². The molecule has 2 aromatic carbocycles. The van der Waals surface area contributed by atoms with Crippen LogP contribution in [-0.2, 0) is 0 Å². The number of azide groups is 1. The predicted octanol–water partition coefficient (Wildman–Crippen LogP) is 4.75. The van der Waals surface area contributed by atoms with Gasteiger partial charge in [-0.15, -0.1) is 0 Å². The first-order chi connectivity index (χ1) is 9.28. The van der Waals surface area contributed by atoms with Crippen molar-refractivity contribution in [1.29, 1.82) is 0 Å². The Morgan fingerprint density at radius 1 is 1.21 bits per heavy atom. The highest BCUT2D eigenvalue weighted by Gasteiger charge is 2.08. The molecule has 3 aromatic rings. The van der Waals surface area contributed by atoms with Crippen LogP contribution in [0, 0.1) is 6.92 Å². The van der Waals surface area contributed by atoms with E-state index in [-0.39, 0.29) is 0 Å². The normalized spacial score (nSPS) is 10.4. The van der Waals surface area contributed by atoms with Crippen LogP contribution in [0.25, 0.3) is 33.0 Å². The Kier molecular flexibility index (Phi) is 2.67. The Hall–Kier alpha value is -2.78. The minimum absolute atomic E-state index is 0.566. The molecular formula is C14H10N4O. The van der Waals surface area contributed by atoms with Crippen LogP contribution in [0.2, 0.25) is 0 Å². The van der Waals surface area contributed by atoms with Gasteiger partial charge in [0.05, 0.1) is 0 Å². The zero-order valence-electron chi connectivity index (χ0n) is 10.2. The monoisotopic (exact) mass is 250 g/mol. The third kappa shape index (κ3) is 2.03. The van der Waals surface area contributed by atoms with Crippen LogP contribution in [0.5, 0.6) is 0 Å². The van der Waals surface area contributed by atoms with Gasteiger partial charge >= 0.3 is 0 Å². The van der Waals surface area contributed by atoms with E-state index in [0.717, 1.165) is 22.2 Å². The Labute approximate surface area is 109 Å². The van der Waals surface area contributed by atoms with E-state index < -0.39 is 0 Å². The van der Waals surface area contributed by atoms with Gasteiger partial charge < -0.3 is 4.42 Å². The summed E-state index contributed by atoms with van der Waals surface area (Å²) < 4.78 is 5.69. The van der Waals surface area contributed by atoms with Crippen molar-refractivity contribution >= 4 is 16.8 Å². The summed E-state index contributed by atoms with van der Waals surface area (Å²) in [5, 5.41) is 3.61. The lowest BCUT2D eigenvalue weighted by Crippen LogP contribution is -1.80. The lowest BCUT2D eigenvalue weighted by atomic mass is 10.1. The molecule has 3 rings (SSSR count). The van der Waals surface area contributed by atoms with Crippen molar-refractivity contribution < 1.29 is 4.42 Å². The first-order valence-electron chi connectivity index (χ1n) is 5.79. The molecule has 0 unspecified atom stereocenters. The van der Waals surface area contributed by atoms with E-state index in [1.54, 1.807) is 6.07 Å². The van der Waals surface area contributed by atoms with Crippen LogP contribution >= 0.6 is 0 Å². The number of oxazole rings is 1. The van der Waals surface area contributed by atoms with E-state index in [4.69, 9.17) is 9.95 Å². The van der Waals surface area contributed by atoms with E-state index in [0.29, 0.717) is 11.6 Å². The van der Waals surface area contributed by atoms with Crippen LogP contribution in [0.3, 0.4) is 0 Å². The summed E-state index contributed by atoms with van der Waals surface area (Å²) in [4.78, 5) is 7.22. The van der Waals surface area contributed by atoms with Crippen LogP contribution in [0.4, 0.5) is 5.69 Å². The van der Waals surface area contributed by atoms with E-state index in [9.17, 15) is 0 Å². The Balaban J connectivity index is 2.11. The van der Waals surface area contributed by atoms with Crippen LogP contribution in [0.1, 0.15) is 5.56 Å². The molecule has 0 saturated carbocycles. The van der Waals surface area contributed by atoms with E-state index >= 15 is 0 Å². The number of benzene rings is 2.